The van der Waals surface area contributed by atoms with Crippen LogP contribution in [0.25, 0.3) is 21.5 Å². The lowest BCUT2D eigenvalue weighted by atomic mass is 9.88. The van der Waals surface area contributed by atoms with Gasteiger partial charge >= 0.3 is 0 Å². The van der Waals surface area contributed by atoms with Gasteiger partial charge in [-0.3, -0.25) is 14.2 Å². The highest BCUT2D eigenvalue weighted by molar-refractivity contribution is 7.11. The molecule has 2 aliphatic carbocycles. The molecule has 0 bridgehead atoms. The standard InChI is InChI=1S/C33H36ClN5O3S/c1-35-26-12-11-23-22(26)9-10-24(28(23)34)31-29-30(37-43-31)32(41)39(19-36-29)18-33(42)13-15-38(16-14-33)27(40)17-25(21-7-8-21)20-5-3-2-4-6-20/h2-6,9-10,19,21,25-26,35,42H,7-8,11-18H2,1H3. The zero-order valence-electron chi connectivity index (χ0n) is 24.3. The van der Waals surface area contributed by atoms with Gasteiger partial charge in [0.1, 0.15) is 5.52 Å². The predicted octanol–water partition coefficient (Wildman–Crippen LogP) is 5.32. The minimum absolute atomic E-state index is 0.114. The van der Waals surface area contributed by atoms with Gasteiger partial charge in [-0.2, -0.15) is 4.37 Å². The molecule has 0 spiro atoms. The van der Waals surface area contributed by atoms with E-state index in [-0.39, 0.29) is 29.4 Å². The topological polar surface area (TPSA) is 100 Å². The number of hydrogen-bond donors (Lipinski definition) is 2. The lowest BCUT2D eigenvalue weighted by Gasteiger charge is -2.38. The molecule has 2 unspecified atom stereocenters. The lowest BCUT2D eigenvalue weighted by molar-refractivity contribution is -0.136. The number of benzene rings is 2. The zero-order valence-corrected chi connectivity index (χ0v) is 25.8. The molecule has 0 radical (unpaired) electrons. The molecule has 3 heterocycles. The van der Waals surface area contributed by atoms with Crippen LogP contribution in [0, 0.1) is 5.92 Å². The van der Waals surface area contributed by atoms with Crippen LogP contribution in [0.3, 0.4) is 0 Å². The summed E-state index contributed by atoms with van der Waals surface area (Å²) in [4.78, 5) is 34.1. The van der Waals surface area contributed by atoms with E-state index in [0.29, 0.717) is 54.9 Å². The van der Waals surface area contributed by atoms with Crippen molar-refractivity contribution in [3.8, 4) is 10.4 Å². The van der Waals surface area contributed by atoms with Crippen molar-refractivity contribution >= 4 is 40.1 Å². The summed E-state index contributed by atoms with van der Waals surface area (Å²) >= 11 is 8.11. The Morgan fingerprint density at radius 1 is 1.14 bits per heavy atom. The molecule has 10 heteroatoms. The van der Waals surface area contributed by atoms with Crippen LogP contribution < -0.4 is 10.9 Å². The van der Waals surface area contributed by atoms with E-state index in [1.807, 2.05) is 36.2 Å². The first-order valence-corrected chi connectivity index (χ1v) is 16.4. The number of aromatic nitrogens is 3. The van der Waals surface area contributed by atoms with Gasteiger partial charge in [0.15, 0.2) is 5.52 Å². The Morgan fingerprint density at radius 3 is 2.63 bits per heavy atom. The Hall–Kier alpha value is -3.11. The highest BCUT2D eigenvalue weighted by Crippen LogP contribution is 2.45. The number of aliphatic hydroxyl groups is 1. The molecule has 8 nitrogen and oxygen atoms in total. The smallest absolute Gasteiger partial charge is 0.281 e. The van der Waals surface area contributed by atoms with Crippen molar-refractivity contribution in [3.63, 3.8) is 0 Å². The van der Waals surface area contributed by atoms with Crippen LogP contribution in [0.4, 0.5) is 0 Å². The maximum atomic E-state index is 13.5. The minimum atomic E-state index is -1.10. The van der Waals surface area contributed by atoms with E-state index in [1.165, 1.54) is 46.4 Å². The van der Waals surface area contributed by atoms with E-state index in [2.05, 4.69) is 32.9 Å². The number of amides is 1. The largest absolute Gasteiger partial charge is 0.388 e. The predicted molar refractivity (Wildman–Crippen MR) is 170 cm³/mol. The molecule has 7 rings (SSSR count). The van der Waals surface area contributed by atoms with Crippen LogP contribution in [0.15, 0.2) is 53.6 Å². The minimum Gasteiger partial charge on any atom is -0.388 e. The number of hydrogen-bond acceptors (Lipinski definition) is 7. The molecule has 2 aromatic carbocycles. The highest BCUT2D eigenvalue weighted by atomic mass is 35.5. The van der Waals surface area contributed by atoms with E-state index in [0.717, 1.165) is 28.8 Å². The molecule has 224 valence electrons. The Morgan fingerprint density at radius 2 is 1.91 bits per heavy atom. The second-order valence-electron chi connectivity index (χ2n) is 12.4. The van der Waals surface area contributed by atoms with Crippen molar-refractivity contribution in [1.82, 2.24) is 24.1 Å². The Labute approximate surface area is 259 Å². The van der Waals surface area contributed by atoms with E-state index in [9.17, 15) is 14.7 Å². The summed E-state index contributed by atoms with van der Waals surface area (Å²) in [6, 6.07) is 14.7. The van der Waals surface area contributed by atoms with Crippen molar-refractivity contribution < 1.29 is 9.90 Å². The number of fused-ring (bicyclic) bond motifs is 2. The number of likely N-dealkylation sites (tertiary alicyclic amines) is 1. The molecule has 2 atom stereocenters. The molecule has 1 saturated carbocycles. The number of piperidine rings is 1. The molecule has 3 aliphatic rings. The monoisotopic (exact) mass is 617 g/mol. The Bertz CT molecular complexity index is 1730. The van der Waals surface area contributed by atoms with Gasteiger partial charge in [-0.1, -0.05) is 54.1 Å². The second-order valence-corrected chi connectivity index (χ2v) is 13.6. The Kier molecular flexibility index (Phi) is 7.62. The number of halogens is 1. The third kappa shape index (κ3) is 5.41. The fraction of sp³-hybridized carbons (Fsp3) is 0.455. The third-order valence-corrected chi connectivity index (χ3v) is 11.0. The molecule has 1 amide bonds. The van der Waals surface area contributed by atoms with E-state index in [4.69, 9.17) is 11.6 Å². The first-order chi connectivity index (χ1) is 20.8. The van der Waals surface area contributed by atoms with Gasteiger partial charge in [-0.25, -0.2) is 4.98 Å². The maximum Gasteiger partial charge on any atom is 0.281 e. The number of nitrogens with zero attached hydrogens (tertiary/aromatic N) is 4. The second kappa shape index (κ2) is 11.4. The molecule has 2 fully saturated rings. The average Bonchev–Trinajstić information content (AvgIpc) is 3.62. The van der Waals surface area contributed by atoms with E-state index < -0.39 is 5.60 Å². The van der Waals surface area contributed by atoms with Gasteiger partial charge in [0.05, 0.1) is 28.4 Å². The third-order valence-electron chi connectivity index (χ3n) is 9.71. The highest BCUT2D eigenvalue weighted by Gasteiger charge is 2.38. The van der Waals surface area contributed by atoms with Crippen molar-refractivity contribution in [2.45, 2.75) is 69.1 Å². The molecule has 43 heavy (non-hydrogen) atoms. The molecule has 1 saturated heterocycles. The summed E-state index contributed by atoms with van der Waals surface area (Å²) in [6.07, 6.45) is 7.09. The average molecular weight is 618 g/mol. The first kappa shape index (κ1) is 28.6. The van der Waals surface area contributed by atoms with Gasteiger partial charge in [-0.05, 0) is 85.6 Å². The van der Waals surface area contributed by atoms with Gasteiger partial charge in [0.2, 0.25) is 5.91 Å². The molecule has 2 aromatic heterocycles. The quantitative estimate of drug-likeness (QED) is 0.278. The van der Waals surface area contributed by atoms with Crippen LogP contribution >= 0.6 is 23.1 Å². The fourth-order valence-electron chi connectivity index (χ4n) is 7.01. The molecule has 1 aliphatic heterocycles. The molecular weight excluding hydrogens is 582 g/mol. The molecule has 2 N–H and O–H groups in total. The van der Waals surface area contributed by atoms with Crippen LogP contribution in [0.2, 0.25) is 5.02 Å². The van der Waals surface area contributed by atoms with Crippen LogP contribution in [0.5, 0.6) is 0 Å². The van der Waals surface area contributed by atoms with E-state index >= 15 is 0 Å². The summed E-state index contributed by atoms with van der Waals surface area (Å²) in [5, 5.41) is 15.5. The summed E-state index contributed by atoms with van der Waals surface area (Å²) in [6.45, 7) is 1.05. The van der Waals surface area contributed by atoms with Crippen molar-refractivity contribution in [3.05, 3.63) is 80.9 Å². The van der Waals surface area contributed by atoms with Gasteiger partial charge < -0.3 is 15.3 Å². The zero-order chi connectivity index (χ0) is 29.7. The van der Waals surface area contributed by atoms with Crippen LogP contribution in [-0.4, -0.2) is 55.6 Å². The van der Waals surface area contributed by atoms with Crippen molar-refractivity contribution in [2.75, 3.05) is 20.1 Å². The summed E-state index contributed by atoms with van der Waals surface area (Å²) in [7, 11) is 1.96. The van der Waals surface area contributed by atoms with E-state index in [1.54, 1.807) is 0 Å². The number of carbonyl (C=O) groups is 1. The summed E-state index contributed by atoms with van der Waals surface area (Å²) in [5.41, 5.74) is 3.90. The van der Waals surface area contributed by atoms with Crippen LogP contribution in [-0.2, 0) is 17.8 Å². The number of nitrogens with one attached hydrogen (secondary N) is 1. The SMILES string of the molecule is CNC1CCc2c1ccc(-c1snc3c(=O)n(CC4(O)CCN(C(=O)CC(c5ccccc5)C5CC5)CC4)cnc13)c2Cl. The first-order valence-electron chi connectivity index (χ1n) is 15.2. The van der Waals surface area contributed by atoms with Crippen molar-refractivity contribution in [1.29, 1.82) is 0 Å². The lowest BCUT2D eigenvalue weighted by Crippen LogP contribution is -2.49. The Balaban J connectivity index is 1.04. The normalized spacial score (nSPS) is 20.3. The van der Waals surface area contributed by atoms with Crippen molar-refractivity contribution in [2.24, 2.45) is 5.92 Å². The number of rotatable bonds is 8. The van der Waals surface area contributed by atoms with Crippen LogP contribution in [0.1, 0.15) is 67.2 Å². The summed E-state index contributed by atoms with van der Waals surface area (Å²) in [5.74, 6) is 0.980. The van der Waals surface area contributed by atoms with Gasteiger partial charge in [0, 0.05) is 31.1 Å². The van der Waals surface area contributed by atoms with Gasteiger partial charge in [0.25, 0.3) is 5.56 Å². The molecular formula is C33H36ClN5O3S. The fourth-order valence-corrected chi connectivity index (χ4v) is 8.28. The molecule has 4 aromatic rings. The number of carbonyl (C=O) groups excluding carboxylic acids is 1. The summed E-state index contributed by atoms with van der Waals surface area (Å²) < 4.78 is 5.95. The van der Waals surface area contributed by atoms with Gasteiger partial charge in [-0.15, -0.1) is 0 Å². The maximum absolute atomic E-state index is 13.5.